The van der Waals surface area contributed by atoms with E-state index >= 15 is 0 Å². The van der Waals surface area contributed by atoms with Crippen molar-refractivity contribution >= 4 is 175 Å². The van der Waals surface area contributed by atoms with Crippen LogP contribution in [0.3, 0.4) is 0 Å². The minimum absolute atomic E-state index is 0.641. The molecule has 22 rings (SSSR count). The molecule has 0 radical (unpaired) electrons. The molecule has 0 fully saturated rings. The van der Waals surface area contributed by atoms with Gasteiger partial charge in [-0.05, 0) is 199 Å². The lowest BCUT2D eigenvalue weighted by atomic mass is 10.1. The number of rotatable bonds is 16. The quantitative estimate of drug-likeness (QED) is 0.0854. The molecule has 0 N–H and O–H groups in total. The van der Waals surface area contributed by atoms with Gasteiger partial charge in [-0.25, -0.2) is 0 Å². The molecule has 0 saturated heterocycles. The molecule has 0 saturated carbocycles. The Hall–Kier alpha value is -11.6. The number of aromatic nitrogens is 2. The average Bonchev–Trinajstić information content (AvgIpc) is 1.53. The highest BCUT2D eigenvalue weighted by Crippen LogP contribution is 2.45. The maximum absolute atomic E-state index is 2.76. The topological polar surface area (TPSA) is 9.86 Å². The summed E-state index contributed by atoms with van der Waals surface area (Å²) in [6.45, 7) is 34.8. The molecule has 18 aromatic rings. The first-order valence-corrected chi connectivity index (χ1v) is 59.0. The molecule has 2 nitrogen and oxygen atoms in total. The number of fused-ring (bicyclic) bond motifs is 18. The van der Waals surface area contributed by atoms with E-state index in [1.54, 1.807) is 10.4 Å². The second-order valence-corrected chi connectivity index (χ2v) is 65.4. The van der Waals surface area contributed by atoms with Crippen LogP contribution in [0.15, 0.2) is 376 Å². The molecule has 124 heavy (non-hydrogen) atoms. The summed E-state index contributed by atoms with van der Waals surface area (Å²) in [7, 11) is -13.7. The minimum atomic E-state index is -2.76. The SMILES string of the molecule is CC(C)[Si](c1ccc(-n2c3ccc([Si]4(C)c5ccccc5-c5ccccc54)cc3c3cc([Si]4(C)c5ccccc5-c5ccccc54)ccc32)cc1)(C(C)C)C(C)C.CC(C)[Si](c1ccc(-n2c3ccc([Si]4(c5ccccc5)c5ccccc5-c5ccccc54)cc3c3cc([Si]4(c5ccccc5)c5ccccc5-c5ccccc54)ccc32)cc1)(C(C)C)C(C)C. The second-order valence-electron chi connectivity index (χ2n) is 38.3. The smallest absolute Gasteiger partial charge is 0.180 e. The zero-order valence-corrected chi connectivity index (χ0v) is 80.2. The summed E-state index contributed by atoms with van der Waals surface area (Å²) in [5.41, 5.74) is 22.6. The Kier molecular flexibility index (Phi) is 19.3. The third-order valence-electron chi connectivity index (χ3n) is 31.3. The summed E-state index contributed by atoms with van der Waals surface area (Å²) in [6.07, 6.45) is 0. The van der Waals surface area contributed by atoms with Crippen LogP contribution in [0.5, 0.6) is 0 Å². The molecule has 0 aliphatic carbocycles. The molecule has 4 aliphatic rings. The Morgan fingerprint density at radius 1 is 0.194 bits per heavy atom. The monoisotopic (exact) mass is 1700 g/mol. The predicted molar refractivity (Wildman–Crippen MR) is 553 cm³/mol. The first-order valence-electron chi connectivity index (χ1n) is 45.5. The standard InChI is InChI=1S/C63H57NSi3.C53H53NSi3/c1-43(2)65(44(3)4,45(5)6)49-35-33-46(34-36-49)64-58-39-37-50(66(47-21-9-7-10-22-47)60-29-17-13-25-52(60)53-26-14-18-30-61(53)66)41-56(58)57-42-51(38-40-59(57)64)67(48-23-11-8-12-24-48)62-31-19-15-27-54(62)55-28-16-20-32-63(55)67;1-35(2)57(36(3)4,37(5)6)39-27-25-38(26-28-39)54-48-31-29-40(55(7)50-21-13-9-17-42(50)43-18-10-14-22-51(43)55)33-46(48)47-34-41(30-32-49(47)54)56(8)52-23-15-11-19-44(52)45-20-12-16-24-53(45)56/h7-45H,1-6H3;9-37H,1-8H3. The lowest BCUT2D eigenvalue weighted by Gasteiger charge is -2.43. The molecule has 0 bridgehead atoms. The van der Waals surface area contributed by atoms with Crippen LogP contribution < -0.4 is 83.0 Å². The maximum atomic E-state index is 2.63. The lowest BCUT2D eigenvalue weighted by Crippen LogP contribution is -2.72. The van der Waals surface area contributed by atoms with Gasteiger partial charge in [-0.1, -0.05) is 434 Å². The minimum Gasteiger partial charge on any atom is -0.309 e. The van der Waals surface area contributed by atoms with Crippen LogP contribution in [0, 0.1) is 0 Å². The fraction of sp³-hybridized carbons (Fsp3) is 0.172. The van der Waals surface area contributed by atoms with Crippen LogP contribution in [0.1, 0.15) is 83.1 Å². The first kappa shape index (κ1) is 79.6. The van der Waals surface area contributed by atoms with Gasteiger partial charge in [0.1, 0.15) is 16.1 Å². The third-order valence-corrected chi connectivity index (χ3v) is 64.1. The highest BCUT2D eigenvalue weighted by molar-refractivity contribution is 7.23. The summed E-state index contributed by atoms with van der Waals surface area (Å²) < 4.78 is 5.14. The van der Waals surface area contributed by atoms with Gasteiger partial charge < -0.3 is 9.13 Å². The third kappa shape index (κ3) is 11.1. The number of hydrogen-bond donors (Lipinski definition) is 0. The van der Waals surface area contributed by atoms with Crippen LogP contribution >= 0.6 is 0 Å². The van der Waals surface area contributed by atoms with Gasteiger partial charge in [-0.3, -0.25) is 0 Å². The van der Waals surface area contributed by atoms with Crippen molar-refractivity contribution in [3.8, 4) is 55.9 Å². The lowest BCUT2D eigenvalue weighted by molar-refractivity contribution is 0.834. The molecule has 0 unspecified atom stereocenters. The fourth-order valence-corrected chi connectivity index (χ4v) is 58.6. The van der Waals surface area contributed by atoms with Gasteiger partial charge >= 0.3 is 0 Å². The first-order chi connectivity index (χ1) is 60.2. The van der Waals surface area contributed by atoms with E-state index in [1.165, 1.54) is 172 Å². The van der Waals surface area contributed by atoms with E-state index in [1.807, 2.05) is 0 Å². The highest BCUT2D eigenvalue weighted by Gasteiger charge is 2.53. The van der Waals surface area contributed by atoms with E-state index in [2.05, 4.69) is 481 Å². The molecule has 4 aliphatic heterocycles. The van der Waals surface area contributed by atoms with Crippen LogP contribution in [0.4, 0.5) is 0 Å². The van der Waals surface area contributed by atoms with Crippen molar-refractivity contribution in [2.75, 3.05) is 0 Å². The van der Waals surface area contributed by atoms with Gasteiger partial charge in [-0.15, -0.1) is 0 Å². The fourth-order valence-electron chi connectivity index (χ4n) is 26.4. The average molecular weight is 1700 g/mol. The van der Waals surface area contributed by atoms with Gasteiger partial charge in [0.15, 0.2) is 16.1 Å². The Morgan fingerprint density at radius 2 is 0.395 bits per heavy atom. The summed E-state index contributed by atoms with van der Waals surface area (Å²) in [5, 5.41) is 29.2. The van der Waals surface area contributed by atoms with E-state index in [4.69, 9.17) is 0 Å². The molecule has 16 aromatic carbocycles. The van der Waals surface area contributed by atoms with E-state index in [0.29, 0.717) is 33.2 Å². The van der Waals surface area contributed by atoms with Crippen molar-refractivity contribution in [3.05, 3.63) is 376 Å². The van der Waals surface area contributed by atoms with Gasteiger partial charge in [0, 0.05) is 32.9 Å². The van der Waals surface area contributed by atoms with Crippen LogP contribution in [0.25, 0.3) is 99.5 Å². The summed E-state index contributed by atoms with van der Waals surface area (Å²) >= 11 is 0. The van der Waals surface area contributed by atoms with Crippen molar-refractivity contribution in [1.82, 2.24) is 9.13 Å². The number of benzene rings is 16. The Morgan fingerprint density at radius 3 is 0.637 bits per heavy atom. The largest absolute Gasteiger partial charge is 0.309 e. The summed E-state index contributed by atoms with van der Waals surface area (Å²) in [6, 6.07) is 147. The molecular weight excluding hydrogens is 1590 g/mol. The van der Waals surface area contributed by atoms with Crippen LogP contribution in [0.2, 0.25) is 46.3 Å². The zero-order valence-electron chi connectivity index (χ0n) is 74.2. The Bertz CT molecular complexity index is 6670. The predicted octanol–water partition coefficient (Wildman–Crippen LogP) is 20.2. The number of nitrogens with zero attached hydrogens (tertiary/aromatic N) is 2. The molecule has 0 atom stereocenters. The Labute approximate surface area is 739 Å². The van der Waals surface area contributed by atoms with Crippen molar-refractivity contribution < 1.29 is 0 Å². The van der Waals surface area contributed by atoms with Crippen molar-refractivity contribution in [3.63, 3.8) is 0 Å². The molecule has 0 spiro atoms. The highest BCUT2D eigenvalue weighted by atomic mass is 28.3. The molecular formula is C116H110N2Si6. The van der Waals surface area contributed by atoms with Gasteiger partial charge in [0.05, 0.1) is 38.2 Å². The molecule has 608 valence electrons. The summed E-state index contributed by atoms with van der Waals surface area (Å²) in [5.74, 6) is 0. The van der Waals surface area contributed by atoms with E-state index < -0.39 is 48.4 Å². The van der Waals surface area contributed by atoms with Crippen LogP contribution in [-0.2, 0) is 0 Å². The molecule has 6 heterocycles. The molecule has 0 amide bonds. The van der Waals surface area contributed by atoms with E-state index in [-0.39, 0.29) is 0 Å². The van der Waals surface area contributed by atoms with Gasteiger partial charge in [0.25, 0.3) is 0 Å². The van der Waals surface area contributed by atoms with Crippen molar-refractivity contribution in [1.29, 1.82) is 0 Å². The van der Waals surface area contributed by atoms with Gasteiger partial charge in [-0.2, -0.15) is 0 Å². The number of hydrogen-bond acceptors (Lipinski definition) is 0. The van der Waals surface area contributed by atoms with E-state index in [9.17, 15) is 0 Å². The molecule has 2 aromatic heterocycles. The summed E-state index contributed by atoms with van der Waals surface area (Å²) in [4.78, 5) is 0. The van der Waals surface area contributed by atoms with Gasteiger partial charge in [0.2, 0.25) is 0 Å². The Balaban J connectivity index is 0.000000154. The zero-order chi connectivity index (χ0) is 85.1. The van der Waals surface area contributed by atoms with E-state index in [0.717, 1.165) is 0 Å². The normalized spacial score (nSPS) is 14.7. The van der Waals surface area contributed by atoms with Crippen molar-refractivity contribution in [2.45, 2.75) is 129 Å². The molecule has 8 heteroatoms. The second kappa shape index (κ2) is 30.1. The van der Waals surface area contributed by atoms with Crippen LogP contribution in [-0.4, -0.2) is 57.6 Å². The van der Waals surface area contributed by atoms with Crippen molar-refractivity contribution in [2.24, 2.45) is 0 Å². The maximum Gasteiger partial charge on any atom is 0.180 e.